The summed E-state index contributed by atoms with van der Waals surface area (Å²) >= 11 is 7.39. The van der Waals surface area contributed by atoms with E-state index in [0.29, 0.717) is 60.2 Å². The molecule has 53 heavy (non-hydrogen) atoms. The zero-order chi connectivity index (χ0) is 38.1. The third kappa shape index (κ3) is 11.0. The molecule has 0 spiro atoms. The first-order chi connectivity index (χ1) is 25.3. The van der Waals surface area contributed by atoms with Crippen molar-refractivity contribution in [2.45, 2.75) is 69.5 Å². The predicted octanol–water partition coefficient (Wildman–Crippen LogP) is 4.32. The van der Waals surface area contributed by atoms with E-state index in [1.54, 1.807) is 27.7 Å². The van der Waals surface area contributed by atoms with E-state index in [9.17, 15) is 24.0 Å². The molecule has 2 fully saturated rings. The van der Waals surface area contributed by atoms with Gasteiger partial charge in [-0.05, 0) is 70.8 Å². The van der Waals surface area contributed by atoms with Gasteiger partial charge in [-0.25, -0.2) is 9.78 Å². The molecular weight excluding hydrogens is 718 g/mol. The van der Waals surface area contributed by atoms with Crippen molar-refractivity contribution in [2.24, 2.45) is 5.92 Å². The van der Waals surface area contributed by atoms with Gasteiger partial charge >= 0.3 is 6.09 Å². The van der Waals surface area contributed by atoms with Crippen LogP contribution in [0.25, 0.3) is 10.9 Å². The fraction of sp³-hybridized carbons (Fsp3) is 0.526. The van der Waals surface area contributed by atoms with Crippen LogP contribution >= 0.6 is 23.4 Å². The standard InChI is InChI=1S/C38H50ClN7O6S/c1-5-46-34(49)29-24-28(39)12-13-30(29)42-36(46)53-32(26-10-7-6-8-11-26)35(50)45-19-15-27(25-45)33(48)40-17-14-31(47)44-22-20-43(21-23-44)18-9-16-41-37(51)52-38(2,3)4/h6-8,10-13,24,27,32H,5,9,14-23,25H2,1-4H3,(H,40,48)(H,41,51)/t27-,32?/m0/s1. The van der Waals surface area contributed by atoms with Crippen LogP contribution in [0.5, 0.6) is 0 Å². The molecule has 3 aromatic rings. The molecule has 1 aromatic heterocycles. The van der Waals surface area contributed by atoms with Crippen molar-refractivity contribution in [1.29, 1.82) is 0 Å². The molecule has 2 saturated heterocycles. The highest BCUT2D eigenvalue weighted by molar-refractivity contribution is 8.00. The van der Waals surface area contributed by atoms with Gasteiger partial charge in [-0.15, -0.1) is 0 Å². The highest BCUT2D eigenvalue weighted by Crippen LogP contribution is 2.37. The molecule has 1 unspecified atom stereocenters. The SMILES string of the molecule is CCn1c(SC(C(=O)N2CC[C@H](C(=O)NCCC(=O)N3CCN(CCCNC(=O)OC(C)(C)C)CC3)C2)c2ccccc2)nc2ccc(Cl)cc2c1=O. The number of piperazine rings is 1. The van der Waals surface area contributed by atoms with Crippen molar-refractivity contribution in [1.82, 2.24) is 34.9 Å². The largest absolute Gasteiger partial charge is 0.444 e. The number of nitrogens with one attached hydrogen (secondary N) is 2. The molecule has 3 heterocycles. The first-order valence-corrected chi connectivity index (χ1v) is 19.5. The molecule has 15 heteroatoms. The van der Waals surface area contributed by atoms with Crippen LogP contribution in [0, 0.1) is 5.92 Å². The van der Waals surface area contributed by atoms with Gasteiger partial charge in [0.05, 0.1) is 16.8 Å². The number of likely N-dealkylation sites (tertiary alicyclic amines) is 1. The summed E-state index contributed by atoms with van der Waals surface area (Å²) in [5.74, 6) is -0.714. The number of aromatic nitrogens is 2. The molecule has 4 amide bonds. The third-order valence-corrected chi connectivity index (χ3v) is 10.8. The molecule has 2 aliphatic heterocycles. The molecule has 2 aromatic carbocycles. The second kappa shape index (κ2) is 18.3. The third-order valence-electron chi connectivity index (χ3n) is 9.30. The van der Waals surface area contributed by atoms with Gasteiger partial charge in [-0.3, -0.25) is 28.6 Å². The van der Waals surface area contributed by atoms with Gasteiger partial charge in [0.25, 0.3) is 5.56 Å². The average molecular weight is 768 g/mol. The summed E-state index contributed by atoms with van der Waals surface area (Å²) in [6.45, 7) is 12.7. The summed E-state index contributed by atoms with van der Waals surface area (Å²) in [7, 11) is 0. The number of hydrogen-bond donors (Lipinski definition) is 2. The minimum Gasteiger partial charge on any atom is -0.444 e. The van der Waals surface area contributed by atoms with Gasteiger partial charge in [0.2, 0.25) is 17.7 Å². The van der Waals surface area contributed by atoms with E-state index < -0.39 is 16.9 Å². The Morgan fingerprint density at radius 1 is 0.981 bits per heavy atom. The van der Waals surface area contributed by atoms with Crippen molar-refractivity contribution < 1.29 is 23.9 Å². The highest BCUT2D eigenvalue weighted by Gasteiger charge is 2.36. The Labute approximate surface area is 319 Å². The molecule has 0 radical (unpaired) electrons. The quantitative estimate of drug-likeness (QED) is 0.148. The van der Waals surface area contributed by atoms with Gasteiger partial charge in [0.15, 0.2) is 5.16 Å². The van der Waals surface area contributed by atoms with Crippen LogP contribution in [0.15, 0.2) is 58.5 Å². The van der Waals surface area contributed by atoms with Crippen LogP contribution < -0.4 is 16.2 Å². The van der Waals surface area contributed by atoms with E-state index in [2.05, 4.69) is 15.5 Å². The van der Waals surface area contributed by atoms with E-state index in [-0.39, 0.29) is 48.7 Å². The Hall–Kier alpha value is -4.14. The van der Waals surface area contributed by atoms with E-state index in [0.717, 1.165) is 31.6 Å². The van der Waals surface area contributed by atoms with E-state index in [4.69, 9.17) is 21.3 Å². The molecule has 2 atom stereocenters. The molecule has 286 valence electrons. The molecular formula is C38H50ClN7O6S. The minimum atomic E-state index is -0.681. The molecule has 2 N–H and O–H groups in total. The minimum absolute atomic E-state index is 0.00144. The van der Waals surface area contributed by atoms with Crippen LogP contribution in [0.2, 0.25) is 5.02 Å². The Kier molecular flexibility index (Phi) is 13.8. The van der Waals surface area contributed by atoms with Gasteiger partial charge in [0, 0.05) is 70.3 Å². The summed E-state index contributed by atoms with van der Waals surface area (Å²) in [6.07, 6.45) is 1.09. The smallest absolute Gasteiger partial charge is 0.407 e. The number of benzene rings is 2. The van der Waals surface area contributed by atoms with E-state index >= 15 is 0 Å². The number of carbonyl (C=O) groups excluding carboxylic acids is 4. The van der Waals surface area contributed by atoms with Gasteiger partial charge < -0.3 is 25.2 Å². The zero-order valence-corrected chi connectivity index (χ0v) is 32.5. The molecule has 2 aliphatic rings. The zero-order valence-electron chi connectivity index (χ0n) is 30.9. The monoisotopic (exact) mass is 767 g/mol. The lowest BCUT2D eigenvalue weighted by molar-refractivity contribution is -0.133. The second-order valence-electron chi connectivity index (χ2n) is 14.3. The fourth-order valence-electron chi connectivity index (χ4n) is 6.50. The number of thioether (sulfide) groups is 1. The normalized spacial score (nSPS) is 17.1. The Balaban J connectivity index is 1.09. The number of carbonyl (C=O) groups is 4. The Morgan fingerprint density at radius 2 is 1.72 bits per heavy atom. The summed E-state index contributed by atoms with van der Waals surface area (Å²) in [5.41, 5.74) is 0.533. The molecule has 0 bridgehead atoms. The highest BCUT2D eigenvalue weighted by atomic mass is 35.5. The lowest BCUT2D eigenvalue weighted by Gasteiger charge is -2.34. The first kappa shape index (κ1) is 40.1. The van der Waals surface area contributed by atoms with Gasteiger partial charge in [-0.2, -0.15) is 0 Å². The van der Waals surface area contributed by atoms with Gasteiger partial charge in [-0.1, -0.05) is 53.7 Å². The maximum Gasteiger partial charge on any atom is 0.407 e. The maximum atomic E-state index is 14.1. The lowest BCUT2D eigenvalue weighted by atomic mass is 10.1. The molecule has 0 aliphatic carbocycles. The van der Waals surface area contributed by atoms with Crippen LogP contribution in [0.4, 0.5) is 4.79 Å². The van der Waals surface area contributed by atoms with Crippen LogP contribution in [-0.2, 0) is 25.7 Å². The summed E-state index contributed by atoms with van der Waals surface area (Å²) < 4.78 is 6.82. The summed E-state index contributed by atoms with van der Waals surface area (Å²) in [6, 6.07) is 14.4. The lowest BCUT2D eigenvalue weighted by Crippen LogP contribution is -2.49. The number of fused-ring (bicyclic) bond motifs is 1. The average Bonchev–Trinajstić information content (AvgIpc) is 3.63. The number of rotatable bonds is 13. The topological polar surface area (TPSA) is 146 Å². The van der Waals surface area contributed by atoms with Crippen molar-refractivity contribution >= 4 is 58.1 Å². The molecule has 0 saturated carbocycles. The summed E-state index contributed by atoms with van der Waals surface area (Å²) in [4.78, 5) is 76.0. The second-order valence-corrected chi connectivity index (χ2v) is 15.8. The number of alkyl carbamates (subject to hydrolysis) is 1. The first-order valence-electron chi connectivity index (χ1n) is 18.3. The number of nitrogens with zero attached hydrogens (tertiary/aromatic N) is 5. The van der Waals surface area contributed by atoms with Crippen molar-refractivity contribution in [3.63, 3.8) is 0 Å². The van der Waals surface area contributed by atoms with Crippen LogP contribution in [-0.4, -0.2) is 113 Å². The van der Waals surface area contributed by atoms with Crippen LogP contribution in [0.1, 0.15) is 57.8 Å². The van der Waals surface area contributed by atoms with Crippen molar-refractivity contribution in [3.8, 4) is 0 Å². The number of ether oxygens (including phenoxy) is 1. The Morgan fingerprint density at radius 3 is 2.42 bits per heavy atom. The number of hydrogen-bond acceptors (Lipinski definition) is 9. The van der Waals surface area contributed by atoms with E-state index in [1.807, 2.05) is 62.9 Å². The maximum absolute atomic E-state index is 14.1. The molecule has 13 nitrogen and oxygen atoms in total. The predicted molar refractivity (Wildman–Crippen MR) is 206 cm³/mol. The van der Waals surface area contributed by atoms with E-state index in [1.165, 1.54) is 11.8 Å². The molecule has 5 rings (SSSR count). The number of amides is 4. The van der Waals surface area contributed by atoms with Crippen molar-refractivity contribution in [2.75, 3.05) is 58.9 Å². The number of halogens is 1. The van der Waals surface area contributed by atoms with Crippen molar-refractivity contribution in [3.05, 3.63) is 69.5 Å². The Bertz CT molecular complexity index is 1830. The van der Waals surface area contributed by atoms with Crippen LogP contribution in [0.3, 0.4) is 0 Å². The summed E-state index contributed by atoms with van der Waals surface area (Å²) in [5, 5.41) is 6.32. The fourth-order valence-corrected chi connectivity index (χ4v) is 7.92. The van der Waals surface area contributed by atoms with Gasteiger partial charge in [0.1, 0.15) is 10.9 Å².